The van der Waals surface area contributed by atoms with Crippen LogP contribution in [0.25, 0.3) is 16.7 Å². The van der Waals surface area contributed by atoms with Crippen LogP contribution in [-0.4, -0.2) is 27.7 Å². The molecule has 0 bridgehead atoms. The van der Waals surface area contributed by atoms with Crippen LogP contribution in [0.3, 0.4) is 0 Å². The van der Waals surface area contributed by atoms with Crippen molar-refractivity contribution in [1.29, 1.82) is 0 Å². The first-order valence-electron chi connectivity index (χ1n) is 8.68. The monoisotopic (exact) mass is 495 g/mol. The second kappa shape index (κ2) is 8.64. The van der Waals surface area contributed by atoms with Gasteiger partial charge in [-0.05, 0) is 30.7 Å². The molecule has 0 fully saturated rings. The molecule has 1 atom stereocenters. The van der Waals surface area contributed by atoms with Crippen molar-refractivity contribution in [2.24, 2.45) is 0 Å². The lowest BCUT2D eigenvalue weighted by molar-refractivity contribution is -0.153. The summed E-state index contributed by atoms with van der Waals surface area (Å²) in [5.41, 5.74) is -1.61. The molecule has 12 heteroatoms. The van der Waals surface area contributed by atoms with E-state index < -0.39 is 41.4 Å². The maximum absolute atomic E-state index is 13.6. The molecule has 5 nitrogen and oxygen atoms in total. The molecule has 2 heterocycles. The van der Waals surface area contributed by atoms with Gasteiger partial charge in [0.25, 0.3) is 5.91 Å². The number of benzene rings is 1. The highest BCUT2D eigenvalue weighted by atomic mass is 35.5. The molecule has 1 N–H and O–H groups in total. The van der Waals surface area contributed by atoms with Crippen molar-refractivity contribution in [3.63, 3.8) is 0 Å². The summed E-state index contributed by atoms with van der Waals surface area (Å²) in [6.07, 6.45) is -4.21. The van der Waals surface area contributed by atoms with E-state index >= 15 is 0 Å². The van der Waals surface area contributed by atoms with Crippen LogP contribution in [0.4, 0.5) is 17.6 Å². The predicted octanol–water partition coefficient (Wildman–Crippen LogP) is 5.56. The number of nitrogens with one attached hydrogen (secondary N) is 1. The fourth-order valence-corrected chi connectivity index (χ4v) is 3.71. The standard InChI is InChI=1S/C19H12Cl3F4N3O2/c1-2-13(19(24,25)26)27-18(31)10-7-29(15-11(20)5-8(23)6-12(15)21)17-9(16(10)30)3-4-14(22)28-17/h3-7,13H,2H2,1H3,(H,27,31). The number of halogens is 7. The molecule has 0 aliphatic heterocycles. The highest BCUT2D eigenvalue weighted by molar-refractivity contribution is 6.38. The first-order chi connectivity index (χ1) is 14.4. The van der Waals surface area contributed by atoms with Crippen molar-refractivity contribution in [3.8, 4) is 5.69 Å². The Labute approximate surface area is 187 Å². The average Bonchev–Trinajstić information content (AvgIpc) is 2.65. The smallest absolute Gasteiger partial charge is 0.340 e. The van der Waals surface area contributed by atoms with Gasteiger partial charge in [-0.25, -0.2) is 9.37 Å². The zero-order valence-electron chi connectivity index (χ0n) is 15.5. The molecule has 0 aliphatic rings. The van der Waals surface area contributed by atoms with Gasteiger partial charge in [-0.15, -0.1) is 0 Å². The Bertz CT molecular complexity index is 1220. The molecule has 1 unspecified atom stereocenters. The predicted molar refractivity (Wildman–Crippen MR) is 110 cm³/mol. The molecule has 164 valence electrons. The fraction of sp³-hybridized carbons (Fsp3) is 0.211. The van der Waals surface area contributed by atoms with Crippen LogP contribution in [0.1, 0.15) is 23.7 Å². The summed E-state index contributed by atoms with van der Waals surface area (Å²) < 4.78 is 54.0. The first-order valence-corrected chi connectivity index (χ1v) is 9.81. The van der Waals surface area contributed by atoms with Gasteiger partial charge >= 0.3 is 6.18 Å². The van der Waals surface area contributed by atoms with Crippen LogP contribution >= 0.6 is 34.8 Å². The Balaban J connectivity index is 2.29. The molecule has 0 radical (unpaired) electrons. The number of hydrogen-bond acceptors (Lipinski definition) is 3. The van der Waals surface area contributed by atoms with Crippen molar-refractivity contribution in [2.45, 2.75) is 25.6 Å². The summed E-state index contributed by atoms with van der Waals surface area (Å²) >= 11 is 18.1. The van der Waals surface area contributed by atoms with Gasteiger partial charge in [-0.1, -0.05) is 41.7 Å². The zero-order valence-corrected chi connectivity index (χ0v) is 17.8. The fourth-order valence-electron chi connectivity index (χ4n) is 2.93. The molecule has 3 aromatic rings. The minimum absolute atomic E-state index is 0.0182. The number of amides is 1. The van der Waals surface area contributed by atoms with Gasteiger partial charge in [0.1, 0.15) is 28.2 Å². The highest BCUT2D eigenvalue weighted by Gasteiger charge is 2.39. The van der Waals surface area contributed by atoms with E-state index in [1.807, 2.05) is 5.32 Å². The Kier molecular flexibility index (Phi) is 6.50. The van der Waals surface area contributed by atoms with Gasteiger partial charge in [0.2, 0.25) is 5.43 Å². The molecule has 31 heavy (non-hydrogen) atoms. The number of fused-ring (bicyclic) bond motifs is 1. The number of carbonyl (C=O) groups is 1. The van der Waals surface area contributed by atoms with Gasteiger partial charge in [-0.2, -0.15) is 13.2 Å². The third kappa shape index (κ3) is 4.63. The minimum Gasteiger partial charge on any atom is -0.340 e. The largest absolute Gasteiger partial charge is 0.408 e. The Morgan fingerprint density at radius 3 is 2.35 bits per heavy atom. The zero-order chi connectivity index (χ0) is 23.1. The van der Waals surface area contributed by atoms with E-state index in [4.69, 9.17) is 34.8 Å². The van der Waals surface area contributed by atoms with Crippen LogP contribution in [0, 0.1) is 5.82 Å². The van der Waals surface area contributed by atoms with Crippen LogP contribution in [0.15, 0.2) is 35.3 Å². The molecular formula is C19H12Cl3F4N3O2. The number of alkyl halides is 3. The van der Waals surface area contributed by atoms with Gasteiger partial charge < -0.3 is 5.32 Å². The van der Waals surface area contributed by atoms with E-state index in [-0.39, 0.29) is 31.9 Å². The molecule has 1 aromatic carbocycles. The van der Waals surface area contributed by atoms with Crippen molar-refractivity contribution in [2.75, 3.05) is 0 Å². The SMILES string of the molecule is CCC(NC(=O)c1cn(-c2c(Cl)cc(F)cc2Cl)c2nc(Cl)ccc2c1=O)C(F)(F)F. The van der Waals surface area contributed by atoms with Gasteiger partial charge in [0, 0.05) is 6.20 Å². The average molecular weight is 497 g/mol. The van der Waals surface area contributed by atoms with Crippen molar-refractivity contribution >= 4 is 51.7 Å². The molecule has 0 saturated carbocycles. The summed E-state index contributed by atoms with van der Waals surface area (Å²) in [5.74, 6) is -2.00. The van der Waals surface area contributed by atoms with E-state index in [2.05, 4.69) is 4.98 Å². The van der Waals surface area contributed by atoms with E-state index in [1.165, 1.54) is 19.1 Å². The number of aromatic nitrogens is 2. The van der Waals surface area contributed by atoms with Crippen molar-refractivity contribution in [3.05, 3.63) is 67.3 Å². The Morgan fingerprint density at radius 2 is 1.81 bits per heavy atom. The molecule has 3 rings (SSSR count). The molecule has 0 aliphatic carbocycles. The summed E-state index contributed by atoms with van der Waals surface area (Å²) in [4.78, 5) is 29.5. The van der Waals surface area contributed by atoms with Crippen LogP contribution in [0.2, 0.25) is 15.2 Å². The highest BCUT2D eigenvalue weighted by Crippen LogP contribution is 2.32. The van der Waals surface area contributed by atoms with E-state index in [0.717, 1.165) is 22.9 Å². The number of pyridine rings is 2. The molecule has 0 saturated heterocycles. The molecular weight excluding hydrogens is 485 g/mol. The maximum atomic E-state index is 13.6. The number of rotatable bonds is 4. The normalized spacial score (nSPS) is 12.8. The topological polar surface area (TPSA) is 64.0 Å². The lowest BCUT2D eigenvalue weighted by Gasteiger charge is -2.20. The van der Waals surface area contributed by atoms with Crippen LogP contribution < -0.4 is 10.7 Å². The van der Waals surface area contributed by atoms with Crippen molar-refractivity contribution < 1.29 is 22.4 Å². The van der Waals surface area contributed by atoms with Gasteiger partial charge in [0.15, 0.2) is 0 Å². The second-order valence-corrected chi connectivity index (χ2v) is 7.64. The van der Waals surface area contributed by atoms with Crippen LogP contribution in [0.5, 0.6) is 0 Å². The van der Waals surface area contributed by atoms with Crippen LogP contribution in [-0.2, 0) is 0 Å². The number of nitrogens with zero attached hydrogens (tertiary/aromatic N) is 2. The quantitative estimate of drug-likeness (QED) is 0.380. The molecule has 1 amide bonds. The number of hydrogen-bond donors (Lipinski definition) is 1. The third-order valence-electron chi connectivity index (χ3n) is 4.39. The summed E-state index contributed by atoms with van der Waals surface area (Å²) in [6.45, 7) is 1.24. The lowest BCUT2D eigenvalue weighted by Crippen LogP contribution is -2.46. The Hall–Kier alpha value is -2.36. The van der Waals surface area contributed by atoms with E-state index in [9.17, 15) is 27.2 Å². The number of carbonyl (C=O) groups excluding carboxylic acids is 1. The van der Waals surface area contributed by atoms with Gasteiger partial charge in [0.05, 0.1) is 21.1 Å². The lowest BCUT2D eigenvalue weighted by atomic mass is 10.1. The van der Waals surface area contributed by atoms with Crippen molar-refractivity contribution in [1.82, 2.24) is 14.9 Å². The summed E-state index contributed by atoms with van der Waals surface area (Å²) in [7, 11) is 0. The minimum atomic E-state index is -4.71. The molecule has 0 spiro atoms. The van der Waals surface area contributed by atoms with E-state index in [0.29, 0.717) is 0 Å². The van der Waals surface area contributed by atoms with E-state index in [1.54, 1.807) is 0 Å². The summed E-state index contributed by atoms with van der Waals surface area (Å²) in [6, 6.07) is 2.24. The molecule has 2 aromatic heterocycles. The second-order valence-electron chi connectivity index (χ2n) is 6.44. The Morgan fingerprint density at radius 1 is 1.19 bits per heavy atom. The first kappa shape index (κ1) is 23.3. The third-order valence-corrected chi connectivity index (χ3v) is 5.18. The summed E-state index contributed by atoms with van der Waals surface area (Å²) in [5, 5.41) is 1.28. The van der Waals surface area contributed by atoms with Gasteiger partial charge in [-0.3, -0.25) is 14.2 Å². The maximum Gasteiger partial charge on any atom is 0.408 e.